The first-order valence-electron chi connectivity index (χ1n) is 5.34. The van der Waals surface area contributed by atoms with Crippen molar-refractivity contribution in [3.8, 4) is 5.75 Å². The minimum Gasteiger partial charge on any atom is -0.495 e. The van der Waals surface area contributed by atoms with E-state index in [2.05, 4.69) is 40.8 Å². The van der Waals surface area contributed by atoms with E-state index in [-0.39, 0.29) is 0 Å². The summed E-state index contributed by atoms with van der Waals surface area (Å²) in [6.45, 7) is 1.97. The van der Waals surface area contributed by atoms with Gasteiger partial charge in [0.1, 0.15) is 11.4 Å². The van der Waals surface area contributed by atoms with Crippen LogP contribution in [0.25, 0.3) is 11.0 Å². The summed E-state index contributed by atoms with van der Waals surface area (Å²) in [5.74, 6) is 0.804. The number of likely N-dealkylation sites (N-methyl/N-ethyl adjacent to an activating group) is 1. The molecule has 0 aromatic carbocycles. The van der Waals surface area contributed by atoms with Crippen molar-refractivity contribution in [2.75, 3.05) is 27.7 Å². The topological polar surface area (TPSA) is 30.3 Å². The van der Waals surface area contributed by atoms with E-state index in [0.717, 1.165) is 29.9 Å². The van der Waals surface area contributed by atoms with Gasteiger partial charge in [-0.3, -0.25) is 0 Å². The van der Waals surface area contributed by atoms with Gasteiger partial charge in [-0.05, 0) is 26.2 Å². The number of aromatic nitrogens is 2. The highest BCUT2D eigenvalue weighted by atomic mass is 16.5. The molecule has 0 N–H and O–H groups in total. The quantitative estimate of drug-likeness (QED) is 0.782. The molecular formula is C12H17N3O. The van der Waals surface area contributed by atoms with Crippen LogP contribution in [-0.2, 0) is 6.54 Å². The van der Waals surface area contributed by atoms with Gasteiger partial charge in [-0.1, -0.05) is 0 Å². The highest BCUT2D eigenvalue weighted by Gasteiger charge is 2.03. The van der Waals surface area contributed by atoms with Crippen LogP contribution < -0.4 is 4.74 Å². The van der Waals surface area contributed by atoms with Crippen LogP contribution in [0.2, 0.25) is 0 Å². The molecule has 2 heterocycles. The summed E-state index contributed by atoms with van der Waals surface area (Å²) in [6, 6.07) is 4.08. The van der Waals surface area contributed by atoms with E-state index in [1.165, 1.54) is 0 Å². The zero-order valence-corrected chi connectivity index (χ0v) is 9.97. The molecule has 0 unspecified atom stereocenters. The number of pyridine rings is 1. The van der Waals surface area contributed by atoms with E-state index in [1.54, 1.807) is 13.3 Å². The predicted octanol–water partition coefficient (Wildman–Crippen LogP) is 1.61. The SMILES string of the molecule is COc1cnc2c(ccn2CCN(C)C)c1. The zero-order valence-electron chi connectivity index (χ0n) is 9.97. The molecule has 0 radical (unpaired) electrons. The van der Waals surface area contributed by atoms with Crippen LogP contribution in [0, 0.1) is 0 Å². The van der Waals surface area contributed by atoms with Crippen molar-refractivity contribution in [2.45, 2.75) is 6.54 Å². The Morgan fingerprint density at radius 3 is 2.94 bits per heavy atom. The third-order valence-electron chi connectivity index (χ3n) is 2.60. The van der Waals surface area contributed by atoms with Crippen LogP contribution in [0.3, 0.4) is 0 Å². The van der Waals surface area contributed by atoms with Crippen molar-refractivity contribution >= 4 is 11.0 Å². The molecule has 2 aromatic heterocycles. The molecule has 0 bridgehead atoms. The van der Waals surface area contributed by atoms with Crippen molar-refractivity contribution in [1.29, 1.82) is 0 Å². The molecule has 0 amide bonds. The highest BCUT2D eigenvalue weighted by Crippen LogP contribution is 2.18. The Morgan fingerprint density at radius 1 is 1.44 bits per heavy atom. The molecule has 2 rings (SSSR count). The fourth-order valence-corrected chi connectivity index (χ4v) is 1.66. The van der Waals surface area contributed by atoms with Crippen molar-refractivity contribution in [1.82, 2.24) is 14.5 Å². The summed E-state index contributed by atoms with van der Waals surface area (Å²) in [6.07, 6.45) is 3.83. The van der Waals surface area contributed by atoms with Gasteiger partial charge in [0, 0.05) is 24.7 Å². The number of hydrogen-bond acceptors (Lipinski definition) is 3. The number of hydrogen-bond donors (Lipinski definition) is 0. The van der Waals surface area contributed by atoms with Gasteiger partial charge in [0.15, 0.2) is 0 Å². The summed E-state index contributed by atoms with van der Waals surface area (Å²) in [5.41, 5.74) is 1.02. The Kier molecular flexibility index (Phi) is 3.10. The van der Waals surface area contributed by atoms with Crippen molar-refractivity contribution in [2.24, 2.45) is 0 Å². The summed E-state index contributed by atoms with van der Waals surface area (Å²) in [4.78, 5) is 6.57. The van der Waals surface area contributed by atoms with E-state index in [4.69, 9.17) is 4.74 Å². The minimum absolute atomic E-state index is 0.804. The van der Waals surface area contributed by atoms with Gasteiger partial charge in [-0.25, -0.2) is 4.98 Å². The molecule has 0 saturated carbocycles. The van der Waals surface area contributed by atoms with Gasteiger partial charge >= 0.3 is 0 Å². The van der Waals surface area contributed by atoms with Gasteiger partial charge in [0.05, 0.1) is 13.3 Å². The van der Waals surface area contributed by atoms with E-state index in [1.807, 2.05) is 6.07 Å². The minimum atomic E-state index is 0.804. The molecule has 16 heavy (non-hydrogen) atoms. The van der Waals surface area contributed by atoms with Gasteiger partial charge in [-0.15, -0.1) is 0 Å². The number of ether oxygens (including phenoxy) is 1. The molecule has 0 aliphatic heterocycles. The molecule has 4 nitrogen and oxygen atoms in total. The smallest absolute Gasteiger partial charge is 0.140 e. The normalized spacial score (nSPS) is 11.2. The van der Waals surface area contributed by atoms with Crippen molar-refractivity contribution in [3.05, 3.63) is 24.5 Å². The van der Waals surface area contributed by atoms with Crippen LogP contribution in [0.5, 0.6) is 5.75 Å². The Bertz CT molecular complexity index is 476. The first kappa shape index (κ1) is 11.0. The van der Waals surface area contributed by atoms with E-state index >= 15 is 0 Å². The first-order chi connectivity index (χ1) is 7.70. The number of nitrogens with zero attached hydrogens (tertiary/aromatic N) is 3. The fraction of sp³-hybridized carbons (Fsp3) is 0.417. The van der Waals surface area contributed by atoms with Crippen LogP contribution in [0.15, 0.2) is 24.5 Å². The lowest BCUT2D eigenvalue weighted by Gasteiger charge is -2.10. The average Bonchev–Trinajstić information content (AvgIpc) is 2.68. The lowest BCUT2D eigenvalue weighted by molar-refractivity contribution is 0.386. The fourth-order valence-electron chi connectivity index (χ4n) is 1.66. The van der Waals surface area contributed by atoms with Gasteiger partial charge in [0.25, 0.3) is 0 Å². The highest BCUT2D eigenvalue weighted by molar-refractivity contribution is 5.77. The largest absolute Gasteiger partial charge is 0.495 e. The standard InChI is InChI=1S/C12H17N3O/c1-14(2)6-7-15-5-4-10-8-11(16-3)9-13-12(10)15/h4-5,8-9H,6-7H2,1-3H3. The molecule has 4 heteroatoms. The molecule has 86 valence electrons. The number of methoxy groups -OCH3 is 1. The lowest BCUT2D eigenvalue weighted by Crippen LogP contribution is -2.18. The Labute approximate surface area is 95.4 Å². The number of fused-ring (bicyclic) bond motifs is 1. The molecule has 2 aromatic rings. The predicted molar refractivity (Wildman–Crippen MR) is 64.8 cm³/mol. The maximum absolute atomic E-state index is 5.15. The molecule has 0 saturated heterocycles. The third kappa shape index (κ3) is 2.17. The summed E-state index contributed by atoms with van der Waals surface area (Å²) in [5, 5.41) is 1.12. The number of rotatable bonds is 4. The molecule has 0 fully saturated rings. The second kappa shape index (κ2) is 4.53. The third-order valence-corrected chi connectivity index (χ3v) is 2.60. The molecule has 0 aliphatic carbocycles. The van der Waals surface area contributed by atoms with E-state index in [9.17, 15) is 0 Å². The van der Waals surface area contributed by atoms with Crippen molar-refractivity contribution < 1.29 is 4.74 Å². The van der Waals surface area contributed by atoms with Crippen LogP contribution in [-0.4, -0.2) is 42.2 Å². The van der Waals surface area contributed by atoms with Gasteiger partial charge in [-0.2, -0.15) is 0 Å². The summed E-state index contributed by atoms with van der Waals surface area (Å²) in [7, 11) is 5.80. The van der Waals surface area contributed by atoms with Crippen LogP contribution in [0.1, 0.15) is 0 Å². The maximum atomic E-state index is 5.15. The second-order valence-corrected chi connectivity index (χ2v) is 4.10. The summed E-state index contributed by atoms with van der Waals surface area (Å²) < 4.78 is 7.31. The zero-order chi connectivity index (χ0) is 11.5. The molecule has 0 spiro atoms. The molecule has 0 atom stereocenters. The summed E-state index contributed by atoms with van der Waals surface area (Å²) >= 11 is 0. The second-order valence-electron chi connectivity index (χ2n) is 4.10. The Hall–Kier alpha value is -1.55. The molecular weight excluding hydrogens is 202 g/mol. The monoisotopic (exact) mass is 219 g/mol. The van der Waals surface area contributed by atoms with E-state index < -0.39 is 0 Å². The van der Waals surface area contributed by atoms with Crippen molar-refractivity contribution in [3.63, 3.8) is 0 Å². The molecule has 0 aliphatic rings. The van der Waals surface area contributed by atoms with Crippen LogP contribution >= 0.6 is 0 Å². The van der Waals surface area contributed by atoms with Crippen LogP contribution in [0.4, 0.5) is 0 Å². The van der Waals surface area contributed by atoms with Gasteiger partial charge in [0.2, 0.25) is 0 Å². The Morgan fingerprint density at radius 2 is 2.25 bits per heavy atom. The average molecular weight is 219 g/mol. The lowest BCUT2D eigenvalue weighted by atomic mass is 10.3. The van der Waals surface area contributed by atoms with Gasteiger partial charge < -0.3 is 14.2 Å². The maximum Gasteiger partial charge on any atom is 0.140 e. The van der Waals surface area contributed by atoms with E-state index in [0.29, 0.717) is 0 Å². The first-order valence-corrected chi connectivity index (χ1v) is 5.34. The Balaban J connectivity index is 2.27.